The number of pyridine rings is 2. The SMILES string of the molecule is C[C@H](Nc1ccc(C#N)n(C)c1=O)c1cc2cc(Cl)c(O[C@H](C)C3CCCCN3)cc2[nH]c1=O. The van der Waals surface area contributed by atoms with Crippen molar-refractivity contribution in [2.75, 3.05) is 11.9 Å². The zero-order valence-electron chi connectivity index (χ0n) is 19.4. The van der Waals surface area contributed by atoms with Crippen molar-refractivity contribution in [2.24, 2.45) is 7.05 Å². The van der Waals surface area contributed by atoms with E-state index in [2.05, 4.69) is 15.6 Å². The Balaban J connectivity index is 1.59. The number of nitrogens with one attached hydrogen (secondary N) is 3. The Morgan fingerprint density at radius 2 is 2.03 bits per heavy atom. The zero-order chi connectivity index (χ0) is 24.4. The number of piperidine rings is 1. The second-order valence-corrected chi connectivity index (χ2v) is 9.18. The molecule has 0 aliphatic carbocycles. The first kappa shape index (κ1) is 23.9. The molecular formula is C25H28ClN5O3. The van der Waals surface area contributed by atoms with Gasteiger partial charge in [-0.3, -0.25) is 9.59 Å². The quantitative estimate of drug-likeness (QED) is 0.493. The summed E-state index contributed by atoms with van der Waals surface area (Å²) in [6.45, 7) is 4.81. The monoisotopic (exact) mass is 481 g/mol. The number of ether oxygens (including phenoxy) is 1. The van der Waals surface area contributed by atoms with Crippen molar-refractivity contribution < 1.29 is 4.74 Å². The van der Waals surface area contributed by atoms with Gasteiger partial charge < -0.3 is 24.9 Å². The maximum absolute atomic E-state index is 12.9. The van der Waals surface area contributed by atoms with E-state index in [4.69, 9.17) is 21.6 Å². The number of benzene rings is 1. The summed E-state index contributed by atoms with van der Waals surface area (Å²) < 4.78 is 7.41. The van der Waals surface area contributed by atoms with E-state index in [0.717, 1.165) is 18.4 Å². The van der Waals surface area contributed by atoms with E-state index in [1.54, 1.807) is 37.3 Å². The minimum atomic E-state index is -0.458. The topological polar surface area (TPSA) is 112 Å². The minimum absolute atomic E-state index is 0.0551. The van der Waals surface area contributed by atoms with Gasteiger partial charge in [0.2, 0.25) is 0 Å². The molecule has 0 radical (unpaired) electrons. The third-order valence-electron chi connectivity index (χ3n) is 6.41. The Labute approximate surface area is 202 Å². The summed E-state index contributed by atoms with van der Waals surface area (Å²) in [6.07, 6.45) is 3.35. The Kier molecular flexibility index (Phi) is 6.96. The number of H-pyrrole nitrogens is 1. The highest BCUT2D eigenvalue weighted by atomic mass is 35.5. The number of fused-ring (bicyclic) bond motifs is 1. The van der Waals surface area contributed by atoms with Crippen LogP contribution in [0.1, 0.15) is 50.4 Å². The van der Waals surface area contributed by atoms with Crippen molar-refractivity contribution in [2.45, 2.75) is 51.3 Å². The van der Waals surface area contributed by atoms with E-state index in [0.29, 0.717) is 27.5 Å². The third-order valence-corrected chi connectivity index (χ3v) is 6.71. The molecule has 9 heteroatoms. The molecule has 4 rings (SSSR count). The predicted molar refractivity (Wildman–Crippen MR) is 134 cm³/mol. The van der Waals surface area contributed by atoms with Crippen LogP contribution in [0.15, 0.2) is 39.9 Å². The molecule has 34 heavy (non-hydrogen) atoms. The van der Waals surface area contributed by atoms with Crippen LogP contribution in [0, 0.1) is 11.3 Å². The summed E-state index contributed by atoms with van der Waals surface area (Å²) in [6, 6.07) is 10.2. The number of hydrogen-bond donors (Lipinski definition) is 3. The average Bonchev–Trinajstić information content (AvgIpc) is 2.83. The van der Waals surface area contributed by atoms with Crippen LogP contribution in [-0.4, -0.2) is 28.2 Å². The van der Waals surface area contributed by atoms with Gasteiger partial charge in [0.15, 0.2) is 0 Å². The lowest BCUT2D eigenvalue weighted by Gasteiger charge is -2.29. The summed E-state index contributed by atoms with van der Waals surface area (Å²) in [5.41, 5.74) is 1.04. The third kappa shape index (κ3) is 4.81. The second kappa shape index (κ2) is 9.92. The summed E-state index contributed by atoms with van der Waals surface area (Å²) in [5, 5.41) is 16.9. The first-order valence-corrected chi connectivity index (χ1v) is 11.8. The highest BCUT2D eigenvalue weighted by Gasteiger charge is 2.22. The highest BCUT2D eigenvalue weighted by molar-refractivity contribution is 6.32. The first-order valence-electron chi connectivity index (χ1n) is 11.4. The van der Waals surface area contributed by atoms with Crippen molar-refractivity contribution >= 4 is 28.2 Å². The Hall–Kier alpha value is -3.28. The van der Waals surface area contributed by atoms with Crippen molar-refractivity contribution in [3.8, 4) is 11.8 Å². The lowest BCUT2D eigenvalue weighted by atomic mass is 10.0. The Morgan fingerprint density at radius 1 is 1.24 bits per heavy atom. The van der Waals surface area contributed by atoms with Gasteiger partial charge in [-0.25, -0.2) is 0 Å². The Bertz CT molecular complexity index is 1370. The minimum Gasteiger partial charge on any atom is -0.487 e. The molecule has 2 aromatic heterocycles. The molecule has 1 aliphatic heterocycles. The number of halogens is 1. The predicted octanol–water partition coefficient (Wildman–Crippen LogP) is 3.83. The molecule has 1 aromatic carbocycles. The number of nitrogens with zero attached hydrogens (tertiary/aromatic N) is 2. The van der Waals surface area contributed by atoms with Gasteiger partial charge in [-0.05, 0) is 57.5 Å². The maximum Gasteiger partial charge on any atom is 0.274 e. The lowest BCUT2D eigenvalue weighted by molar-refractivity contribution is 0.153. The molecule has 3 atom stereocenters. The van der Waals surface area contributed by atoms with Gasteiger partial charge in [0.1, 0.15) is 29.3 Å². The lowest BCUT2D eigenvalue weighted by Crippen LogP contribution is -2.44. The van der Waals surface area contributed by atoms with E-state index >= 15 is 0 Å². The molecule has 3 aromatic rings. The fourth-order valence-electron chi connectivity index (χ4n) is 4.37. The molecule has 0 spiro atoms. The fourth-order valence-corrected chi connectivity index (χ4v) is 4.58. The van der Waals surface area contributed by atoms with Gasteiger partial charge in [-0.1, -0.05) is 18.0 Å². The van der Waals surface area contributed by atoms with Crippen LogP contribution < -0.4 is 26.5 Å². The van der Waals surface area contributed by atoms with Crippen molar-refractivity contribution in [1.82, 2.24) is 14.9 Å². The van der Waals surface area contributed by atoms with Gasteiger partial charge in [0, 0.05) is 30.1 Å². The van der Waals surface area contributed by atoms with Gasteiger partial charge in [0.05, 0.1) is 16.6 Å². The van der Waals surface area contributed by atoms with E-state index in [1.165, 1.54) is 24.5 Å². The number of rotatable bonds is 6. The standard InChI is InChI=1S/C25H28ClN5O3/c1-14(29-21-8-7-17(13-27)31(3)25(21)33)18-10-16-11-19(26)23(12-22(16)30-24(18)32)34-15(2)20-6-4-5-9-28-20/h7-8,10-12,14-15,20,28-29H,4-6,9H2,1-3H3,(H,30,32)/t14-,15+,20?/m0/s1. The maximum atomic E-state index is 12.9. The summed E-state index contributed by atoms with van der Waals surface area (Å²) in [5.74, 6) is 0.532. The summed E-state index contributed by atoms with van der Waals surface area (Å²) >= 11 is 6.53. The summed E-state index contributed by atoms with van der Waals surface area (Å²) in [7, 11) is 1.53. The van der Waals surface area contributed by atoms with E-state index < -0.39 is 6.04 Å². The molecule has 1 unspecified atom stereocenters. The molecule has 0 saturated carbocycles. The largest absolute Gasteiger partial charge is 0.487 e. The number of aromatic amines is 1. The normalized spacial score (nSPS) is 17.7. The van der Waals surface area contributed by atoms with Crippen molar-refractivity contribution in [1.29, 1.82) is 5.26 Å². The van der Waals surface area contributed by atoms with Gasteiger partial charge in [0.25, 0.3) is 11.1 Å². The van der Waals surface area contributed by atoms with E-state index in [-0.39, 0.29) is 29.0 Å². The van der Waals surface area contributed by atoms with Crippen LogP contribution in [0.4, 0.5) is 5.69 Å². The molecular weight excluding hydrogens is 454 g/mol. The average molecular weight is 482 g/mol. The molecule has 0 bridgehead atoms. The molecule has 3 N–H and O–H groups in total. The molecule has 8 nitrogen and oxygen atoms in total. The van der Waals surface area contributed by atoms with Gasteiger partial charge >= 0.3 is 0 Å². The van der Waals surface area contributed by atoms with Crippen LogP contribution in [0.25, 0.3) is 10.9 Å². The van der Waals surface area contributed by atoms with Crippen molar-refractivity contribution in [3.63, 3.8) is 0 Å². The van der Waals surface area contributed by atoms with E-state index in [9.17, 15) is 9.59 Å². The Morgan fingerprint density at radius 3 is 2.74 bits per heavy atom. The molecule has 1 fully saturated rings. The molecule has 1 saturated heterocycles. The van der Waals surface area contributed by atoms with Crippen LogP contribution >= 0.6 is 11.6 Å². The number of aromatic nitrogens is 2. The molecule has 3 heterocycles. The first-order chi connectivity index (χ1) is 16.3. The number of hydrogen-bond acceptors (Lipinski definition) is 6. The van der Waals surface area contributed by atoms with Crippen molar-refractivity contribution in [3.05, 3.63) is 67.3 Å². The second-order valence-electron chi connectivity index (χ2n) is 8.78. The van der Waals surface area contributed by atoms with Crippen LogP contribution in [-0.2, 0) is 7.05 Å². The molecule has 1 aliphatic rings. The van der Waals surface area contributed by atoms with Crippen LogP contribution in [0.5, 0.6) is 5.75 Å². The smallest absolute Gasteiger partial charge is 0.274 e. The fraction of sp³-hybridized carbons (Fsp3) is 0.400. The van der Waals surface area contributed by atoms with Crippen LogP contribution in [0.3, 0.4) is 0 Å². The van der Waals surface area contributed by atoms with Gasteiger partial charge in [-0.15, -0.1) is 0 Å². The van der Waals surface area contributed by atoms with Gasteiger partial charge in [-0.2, -0.15) is 5.26 Å². The molecule has 178 valence electrons. The number of anilines is 1. The number of nitriles is 1. The highest BCUT2D eigenvalue weighted by Crippen LogP contribution is 2.31. The zero-order valence-corrected chi connectivity index (χ0v) is 20.2. The summed E-state index contributed by atoms with van der Waals surface area (Å²) in [4.78, 5) is 28.3. The molecule has 0 amide bonds. The van der Waals surface area contributed by atoms with Crippen LogP contribution in [0.2, 0.25) is 5.02 Å². The van der Waals surface area contributed by atoms with E-state index in [1.807, 2.05) is 13.0 Å².